The van der Waals surface area contributed by atoms with Crippen molar-refractivity contribution in [3.05, 3.63) is 70.8 Å². The SMILES string of the molecule is NC(=O)c1cccc(C2CCCN(C(=O)CNCc3ccc(F)cc3F)C2)c1. The topological polar surface area (TPSA) is 75.4 Å². The average molecular weight is 387 g/mol. The molecule has 3 rings (SSSR count). The molecule has 0 bridgehead atoms. The lowest BCUT2D eigenvalue weighted by atomic mass is 9.89. The molecular formula is C21H23F2N3O2. The molecule has 28 heavy (non-hydrogen) atoms. The van der Waals surface area contributed by atoms with Gasteiger partial charge >= 0.3 is 0 Å². The number of carbonyl (C=O) groups excluding carboxylic acids is 2. The standard InChI is InChI=1S/C21H23F2N3O2/c22-18-7-6-16(19(23)10-18)11-25-12-20(27)26-8-2-5-17(13-26)14-3-1-4-15(9-14)21(24)28/h1,3-4,6-7,9-10,17,25H,2,5,8,11-13H2,(H2,24,28). The van der Waals surface area contributed by atoms with E-state index in [4.69, 9.17) is 5.73 Å². The monoisotopic (exact) mass is 387 g/mol. The Morgan fingerprint density at radius 2 is 2.00 bits per heavy atom. The minimum absolute atomic E-state index is 0.0710. The van der Waals surface area contributed by atoms with E-state index in [1.54, 1.807) is 23.1 Å². The number of hydrogen-bond acceptors (Lipinski definition) is 3. The number of hydrogen-bond donors (Lipinski definition) is 2. The van der Waals surface area contributed by atoms with Crippen molar-refractivity contribution in [2.45, 2.75) is 25.3 Å². The maximum absolute atomic E-state index is 13.6. The van der Waals surface area contributed by atoms with Crippen LogP contribution in [0.15, 0.2) is 42.5 Å². The Kier molecular flexibility index (Phi) is 6.36. The first-order valence-corrected chi connectivity index (χ1v) is 9.26. The van der Waals surface area contributed by atoms with Crippen LogP contribution in [0.4, 0.5) is 8.78 Å². The number of piperidine rings is 1. The van der Waals surface area contributed by atoms with Gasteiger partial charge in [0, 0.05) is 42.7 Å². The van der Waals surface area contributed by atoms with Crippen LogP contribution >= 0.6 is 0 Å². The molecule has 2 amide bonds. The zero-order valence-corrected chi connectivity index (χ0v) is 15.5. The Bertz CT molecular complexity index is 872. The second-order valence-electron chi connectivity index (χ2n) is 7.01. The lowest BCUT2D eigenvalue weighted by molar-refractivity contribution is -0.131. The van der Waals surface area contributed by atoms with E-state index in [0.717, 1.165) is 24.5 Å². The van der Waals surface area contributed by atoms with Crippen molar-refractivity contribution in [3.63, 3.8) is 0 Å². The largest absolute Gasteiger partial charge is 0.366 e. The van der Waals surface area contributed by atoms with Gasteiger partial charge in [-0.1, -0.05) is 18.2 Å². The number of likely N-dealkylation sites (tertiary alicyclic amines) is 1. The number of primary amides is 1. The van der Waals surface area contributed by atoms with E-state index in [1.807, 2.05) is 6.07 Å². The summed E-state index contributed by atoms with van der Waals surface area (Å²) in [5.41, 5.74) is 7.12. The van der Waals surface area contributed by atoms with Crippen molar-refractivity contribution in [2.75, 3.05) is 19.6 Å². The average Bonchev–Trinajstić information content (AvgIpc) is 2.69. The van der Waals surface area contributed by atoms with Gasteiger partial charge in [0.2, 0.25) is 11.8 Å². The first-order chi connectivity index (χ1) is 13.4. The van der Waals surface area contributed by atoms with Gasteiger partial charge in [0.25, 0.3) is 0 Å². The molecule has 1 saturated heterocycles. The zero-order chi connectivity index (χ0) is 20.1. The molecule has 1 atom stereocenters. The van der Waals surface area contributed by atoms with Crippen LogP contribution in [0.5, 0.6) is 0 Å². The molecule has 7 heteroatoms. The van der Waals surface area contributed by atoms with Crippen molar-refractivity contribution in [1.29, 1.82) is 0 Å². The number of nitrogens with zero attached hydrogens (tertiary/aromatic N) is 1. The Morgan fingerprint density at radius 1 is 1.18 bits per heavy atom. The quantitative estimate of drug-likeness (QED) is 0.800. The maximum Gasteiger partial charge on any atom is 0.248 e. The molecule has 3 N–H and O–H groups in total. The highest BCUT2D eigenvalue weighted by Gasteiger charge is 2.25. The third-order valence-corrected chi connectivity index (χ3v) is 5.02. The molecule has 5 nitrogen and oxygen atoms in total. The van der Waals surface area contributed by atoms with Crippen LogP contribution in [0.1, 0.15) is 40.2 Å². The summed E-state index contributed by atoms with van der Waals surface area (Å²) in [5.74, 6) is -1.66. The van der Waals surface area contributed by atoms with Crippen LogP contribution in [-0.2, 0) is 11.3 Å². The molecule has 1 unspecified atom stereocenters. The summed E-state index contributed by atoms with van der Waals surface area (Å²) in [7, 11) is 0. The molecule has 1 aliphatic heterocycles. The predicted octanol–water partition coefficient (Wildman–Crippen LogP) is 2.56. The molecule has 0 spiro atoms. The molecule has 2 aromatic carbocycles. The number of nitrogens with two attached hydrogens (primary N) is 1. The van der Waals surface area contributed by atoms with Gasteiger partial charge in [-0.05, 0) is 36.6 Å². The highest BCUT2D eigenvalue weighted by Crippen LogP contribution is 2.27. The summed E-state index contributed by atoms with van der Waals surface area (Å²) in [6.45, 7) is 1.45. The van der Waals surface area contributed by atoms with Gasteiger partial charge < -0.3 is 16.0 Å². The summed E-state index contributed by atoms with van der Waals surface area (Å²) < 4.78 is 26.6. The van der Waals surface area contributed by atoms with E-state index >= 15 is 0 Å². The summed E-state index contributed by atoms with van der Waals surface area (Å²) >= 11 is 0. The molecule has 1 heterocycles. The number of benzene rings is 2. The van der Waals surface area contributed by atoms with E-state index in [0.29, 0.717) is 24.2 Å². The fraction of sp³-hybridized carbons (Fsp3) is 0.333. The molecule has 0 aliphatic carbocycles. The van der Waals surface area contributed by atoms with E-state index in [2.05, 4.69) is 5.32 Å². The summed E-state index contributed by atoms with van der Waals surface area (Å²) in [6.07, 6.45) is 1.80. The van der Waals surface area contributed by atoms with Gasteiger partial charge in [0.05, 0.1) is 6.54 Å². The van der Waals surface area contributed by atoms with Crippen LogP contribution in [0.2, 0.25) is 0 Å². The van der Waals surface area contributed by atoms with E-state index in [1.165, 1.54) is 12.1 Å². The maximum atomic E-state index is 13.6. The van der Waals surface area contributed by atoms with Crippen molar-refractivity contribution >= 4 is 11.8 Å². The van der Waals surface area contributed by atoms with Crippen molar-refractivity contribution in [1.82, 2.24) is 10.2 Å². The lowest BCUT2D eigenvalue weighted by Gasteiger charge is -2.33. The van der Waals surface area contributed by atoms with Crippen LogP contribution in [0, 0.1) is 11.6 Å². The van der Waals surface area contributed by atoms with Crippen molar-refractivity contribution < 1.29 is 18.4 Å². The fourth-order valence-electron chi connectivity index (χ4n) is 3.50. The van der Waals surface area contributed by atoms with E-state index in [9.17, 15) is 18.4 Å². The molecule has 2 aromatic rings. The first kappa shape index (κ1) is 19.9. The smallest absolute Gasteiger partial charge is 0.248 e. The normalized spacial score (nSPS) is 16.8. The molecule has 0 saturated carbocycles. The third-order valence-electron chi connectivity index (χ3n) is 5.02. The second kappa shape index (κ2) is 8.93. The van der Waals surface area contributed by atoms with Gasteiger partial charge in [-0.2, -0.15) is 0 Å². The molecular weight excluding hydrogens is 364 g/mol. The number of halogens is 2. The number of nitrogens with one attached hydrogen (secondary N) is 1. The molecule has 1 fully saturated rings. The minimum atomic E-state index is -0.632. The fourth-order valence-corrected chi connectivity index (χ4v) is 3.50. The zero-order valence-electron chi connectivity index (χ0n) is 15.5. The van der Waals surface area contributed by atoms with Crippen LogP contribution in [0.25, 0.3) is 0 Å². The van der Waals surface area contributed by atoms with E-state index < -0.39 is 17.5 Å². The number of amides is 2. The third kappa shape index (κ3) is 4.92. The Hall–Kier alpha value is -2.80. The van der Waals surface area contributed by atoms with Crippen LogP contribution in [-0.4, -0.2) is 36.3 Å². The van der Waals surface area contributed by atoms with Crippen molar-refractivity contribution in [2.24, 2.45) is 5.73 Å². The van der Waals surface area contributed by atoms with E-state index in [-0.39, 0.29) is 24.9 Å². The first-order valence-electron chi connectivity index (χ1n) is 9.26. The van der Waals surface area contributed by atoms with Crippen LogP contribution in [0.3, 0.4) is 0 Å². The molecule has 148 valence electrons. The van der Waals surface area contributed by atoms with Crippen LogP contribution < -0.4 is 11.1 Å². The molecule has 0 radical (unpaired) electrons. The summed E-state index contributed by atoms with van der Waals surface area (Å²) in [4.78, 5) is 25.7. The van der Waals surface area contributed by atoms with Gasteiger partial charge in [0.1, 0.15) is 11.6 Å². The summed E-state index contributed by atoms with van der Waals surface area (Å²) in [6, 6.07) is 10.6. The van der Waals surface area contributed by atoms with Gasteiger partial charge in [-0.25, -0.2) is 8.78 Å². The summed E-state index contributed by atoms with van der Waals surface area (Å²) in [5, 5.41) is 2.92. The van der Waals surface area contributed by atoms with Gasteiger partial charge in [0.15, 0.2) is 0 Å². The van der Waals surface area contributed by atoms with Gasteiger partial charge in [-0.15, -0.1) is 0 Å². The highest BCUT2D eigenvalue weighted by atomic mass is 19.1. The second-order valence-corrected chi connectivity index (χ2v) is 7.01. The van der Waals surface area contributed by atoms with Crippen molar-refractivity contribution in [3.8, 4) is 0 Å². The Labute approximate surface area is 162 Å². The number of rotatable bonds is 6. The number of carbonyl (C=O) groups is 2. The lowest BCUT2D eigenvalue weighted by Crippen LogP contribution is -2.43. The predicted molar refractivity (Wildman–Crippen MR) is 102 cm³/mol. The Morgan fingerprint density at radius 3 is 2.75 bits per heavy atom. The Balaban J connectivity index is 1.55. The molecule has 0 aromatic heterocycles. The molecule has 1 aliphatic rings. The van der Waals surface area contributed by atoms with Gasteiger partial charge in [-0.3, -0.25) is 9.59 Å². The highest BCUT2D eigenvalue weighted by molar-refractivity contribution is 5.92. The minimum Gasteiger partial charge on any atom is -0.366 e.